The first kappa shape index (κ1) is 11.1. The molecule has 0 saturated carbocycles. The molecular weight excluding hydrogens is 233 g/mol. The summed E-state index contributed by atoms with van der Waals surface area (Å²) in [7, 11) is 0. The van der Waals surface area contributed by atoms with Crippen molar-refractivity contribution >= 4 is 17.7 Å². The van der Waals surface area contributed by atoms with Crippen molar-refractivity contribution in [2.45, 2.75) is 6.04 Å². The third kappa shape index (κ3) is 2.06. The second kappa shape index (κ2) is 4.60. The zero-order valence-corrected chi connectivity index (χ0v) is 9.21. The van der Waals surface area contributed by atoms with E-state index in [-0.39, 0.29) is 6.04 Å². The summed E-state index contributed by atoms with van der Waals surface area (Å²) in [5, 5.41) is 13.4. The minimum Gasteiger partial charge on any atom is -0.325 e. The van der Waals surface area contributed by atoms with E-state index in [1.165, 1.54) is 4.90 Å². The first-order valence-corrected chi connectivity index (χ1v) is 5.82. The van der Waals surface area contributed by atoms with Gasteiger partial charge in [-0.15, -0.1) is 10.2 Å². The molecule has 1 aliphatic rings. The number of carbonyl (C=O) groups excluding carboxylic acids is 1. The third-order valence-corrected chi connectivity index (χ3v) is 3.30. The van der Waals surface area contributed by atoms with Gasteiger partial charge in [-0.3, -0.25) is 4.79 Å². The van der Waals surface area contributed by atoms with Crippen LogP contribution in [0.4, 0.5) is 4.39 Å². The number of nitrogens with one attached hydrogen (secondary N) is 1. The Morgan fingerprint density at radius 1 is 1.69 bits per heavy atom. The second-order valence-corrected chi connectivity index (χ2v) is 4.41. The predicted octanol–water partition coefficient (Wildman–Crippen LogP) is 0.299. The molecule has 1 aromatic heterocycles. The van der Waals surface area contributed by atoms with Crippen molar-refractivity contribution in [3.8, 4) is 0 Å². The number of rotatable bonds is 2. The van der Waals surface area contributed by atoms with Crippen LogP contribution in [-0.2, 0) is 4.79 Å². The quantitative estimate of drug-likeness (QED) is 0.756. The lowest BCUT2D eigenvalue weighted by atomic mass is 10.2. The zero-order chi connectivity index (χ0) is 11.5. The molecule has 0 radical (unpaired) electrons. The average molecular weight is 243 g/mol. The van der Waals surface area contributed by atoms with Crippen LogP contribution < -0.4 is 0 Å². The van der Waals surface area contributed by atoms with E-state index in [9.17, 15) is 9.18 Å². The van der Waals surface area contributed by atoms with Crippen molar-refractivity contribution in [1.82, 2.24) is 25.5 Å². The molecule has 1 atom stereocenters. The van der Waals surface area contributed by atoms with Gasteiger partial charge in [-0.25, -0.2) is 4.39 Å². The number of amides is 1. The maximum atomic E-state index is 12.8. The van der Waals surface area contributed by atoms with Crippen LogP contribution in [0.1, 0.15) is 11.9 Å². The highest BCUT2D eigenvalue weighted by atomic mass is 32.2. The van der Waals surface area contributed by atoms with Crippen molar-refractivity contribution in [2.75, 3.05) is 18.1 Å². The molecule has 1 N–H and O–H groups in total. The topological polar surface area (TPSA) is 74.8 Å². The lowest BCUT2D eigenvalue weighted by Gasteiger charge is -2.32. The Balaban J connectivity index is 2.21. The number of hydrogen-bond acceptors (Lipinski definition) is 5. The van der Waals surface area contributed by atoms with Crippen molar-refractivity contribution in [2.24, 2.45) is 0 Å². The molecule has 0 spiro atoms. The van der Waals surface area contributed by atoms with Gasteiger partial charge in [0, 0.05) is 18.1 Å². The summed E-state index contributed by atoms with van der Waals surface area (Å²) in [5.41, 5.74) is 0. The number of aromatic amines is 1. The van der Waals surface area contributed by atoms with Crippen molar-refractivity contribution in [1.29, 1.82) is 0 Å². The molecule has 6 nitrogen and oxygen atoms in total. The fraction of sp³-hybridized carbons (Fsp3) is 0.500. The van der Waals surface area contributed by atoms with E-state index in [1.54, 1.807) is 11.8 Å². The van der Waals surface area contributed by atoms with Crippen LogP contribution in [-0.4, -0.2) is 49.5 Å². The van der Waals surface area contributed by atoms with E-state index in [1.807, 2.05) is 0 Å². The van der Waals surface area contributed by atoms with Gasteiger partial charge >= 0.3 is 0 Å². The molecule has 86 valence electrons. The van der Waals surface area contributed by atoms with Gasteiger partial charge in [-0.05, 0) is 0 Å². The molecule has 16 heavy (non-hydrogen) atoms. The summed E-state index contributed by atoms with van der Waals surface area (Å²) in [6.07, 6.45) is 0. The number of nitrogens with zero attached hydrogens (tertiary/aromatic N) is 4. The number of hydrogen-bond donors (Lipinski definition) is 1. The molecule has 0 aliphatic carbocycles. The van der Waals surface area contributed by atoms with E-state index >= 15 is 0 Å². The Morgan fingerprint density at radius 3 is 3.12 bits per heavy atom. The van der Waals surface area contributed by atoms with Gasteiger partial charge in [0.1, 0.15) is 6.04 Å². The zero-order valence-electron chi connectivity index (χ0n) is 8.39. The van der Waals surface area contributed by atoms with Gasteiger partial charge in [-0.2, -0.15) is 17.0 Å². The number of H-pyrrole nitrogens is 1. The summed E-state index contributed by atoms with van der Waals surface area (Å²) >= 11 is 1.67. The van der Waals surface area contributed by atoms with Crippen molar-refractivity contribution in [3.63, 3.8) is 0 Å². The third-order valence-electron chi connectivity index (χ3n) is 2.28. The Morgan fingerprint density at radius 2 is 2.50 bits per heavy atom. The predicted molar refractivity (Wildman–Crippen MR) is 56.2 cm³/mol. The average Bonchev–Trinajstić information content (AvgIpc) is 2.81. The highest BCUT2D eigenvalue weighted by molar-refractivity contribution is 7.99. The summed E-state index contributed by atoms with van der Waals surface area (Å²) in [6, 6.07) is -0.336. The number of thioether (sulfide) groups is 1. The van der Waals surface area contributed by atoms with E-state index < -0.39 is 11.7 Å². The van der Waals surface area contributed by atoms with Gasteiger partial charge in [0.05, 0.1) is 0 Å². The van der Waals surface area contributed by atoms with Gasteiger partial charge in [-0.1, -0.05) is 11.8 Å². The van der Waals surface area contributed by atoms with Crippen LogP contribution in [0.3, 0.4) is 0 Å². The SMILES string of the molecule is C=C(F)C(=O)N1CCSCC1c1nn[nH]n1. The standard InChI is InChI=1S/C8H10FN5OS/c1-5(9)8(15)14-2-3-16-4-6(14)7-10-12-13-11-7/h6H,1-4H2,(H,10,11,12,13). The Kier molecular flexibility index (Phi) is 3.18. The number of tetrazole rings is 1. The van der Waals surface area contributed by atoms with E-state index in [0.717, 1.165) is 5.75 Å². The van der Waals surface area contributed by atoms with Gasteiger partial charge < -0.3 is 4.90 Å². The number of carbonyl (C=O) groups is 1. The molecule has 1 fully saturated rings. The summed E-state index contributed by atoms with van der Waals surface area (Å²) < 4.78 is 12.8. The monoisotopic (exact) mass is 243 g/mol. The molecule has 1 aromatic rings. The summed E-state index contributed by atoms with van der Waals surface area (Å²) in [5.74, 6) is 0.156. The highest BCUT2D eigenvalue weighted by Gasteiger charge is 2.32. The van der Waals surface area contributed by atoms with Crippen molar-refractivity contribution < 1.29 is 9.18 Å². The van der Waals surface area contributed by atoms with Gasteiger partial charge in [0.2, 0.25) is 0 Å². The van der Waals surface area contributed by atoms with E-state index in [0.29, 0.717) is 18.1 Å². The molecular formula is C8H10FN5OS. The molecule has 2 rings (SSSR count). The normalized spacial score (nSPS) is 20.8. The van der Waals surface area contributed by atoms with Crippen LogP contribution in [0.25, 0.3) is 0 Å². The Labute approximate surface area is 95.3 Å². The van der Waals surface area contributed by atoms with Crippen LogP contribution >= 0.6 is 11.8 Å². The molecule has 1 aliphatic heterocycles. The molecule has 0 aromatic carbocycles. The Bertz CT molecular complexity index is 395. The fourth-order valence-corrected chi connectivity index (χ4v) is 2.57. The minimum atomic E-state index is -0.958. The molecule has 1 unspecified atom stereocenters. The largest absolute Gasteiger partial charge is 0.325 e. The second-order valence-electron chi connectivity index (χ2n) is 3.26. The van der Waals surface area contributed by atoms with Crippen LogP contribution in [0.15, 0.2) is 12.4 Å². The molecule has 1 amide bonds. The maximum absolute atomic E-state index is 12.8. The minimum absolute atomic E-state index is 0.336. The highest BCUT2D eigenvalue weighted by Crippen LogP contribution is 2.28. The van der Waals surface area contributed by atoms with Crippen molar-refractivity contribution in [3.05, 3.63) is 18.2 Å². The van der Waals surface area contributed by atoms with Crippen LogP contribution in [0.5, 0.6) is 0 Å². The first-order valence-electron chi connectivity index (χ1n) is 4.66. The van der Waals surface area contributed by atoms with E-state index in [2.05, 4.69) is 27.2 Å². The van der Waals surface area contributed by atoms with Crippen LogP contribution in [0.2, 0.25) is 0 Å². The van der Waals surface area contributed by atoms with Crippen LogP contribution in [0, 0.1) is 0 Å². The lowest BCUT2D eigenvalue weighted by Crippen LogP contribution is -2.41. The molecule has 8 heteroatoms. The summed E-state index contributed by atoms with van der Waals surface area (Å²) in [6.45, 7) is 3.48. The molecule has 0 bridgehead atoms. The summed E-state index contributed by atoms with van der Waals surface area (Å²) in [4.78, 5) is 13.0. The number of aromatic nitrogens is 4. The first-order chi connectivity index (χ1) is 7.70. The van der Waals surface area contributed by atoms with Gasteiger partial charge in [0.25, 0.3) is 5.91 Å². The molecule has 2 heterocycles. The fourth-order valence-electron chi connectivity index (χ4n) is 1.53. The maximum Gasteiger partial charge on any atom is 0.282 e. The lowest BCUT2D eigenvalue weighted by molar-refractivity contribution is -0.130. The Hall–Kier alpha value is -1.44. The van der Waals surface area contributed by atoms with E-state index in [4.69, 9.17) is 0 Å². The smallest absolute Gasteiger partial charge is 0.282 e. The number of halogens is 1. The molecule has 1 saturated heterocycles. The van der Waals surface area contributed by atoms with Gasteiger partial charge in [0.15, 0.2) is 11.7 Å².